The van der Waals surface area contributed by atoms with Crippen LogP contribution in [0.1, 0.15) is 45.6 Å². The highest BCUT2D eigenvalue weighted by Gasteiger charge is 2.18. The summed E-state index contributed by atoms with van der Waals surface area (Å²) in [7, 11) is -3.51. The van der Waals surface area contributed by atoms with Gasteiger partial charge in [-0.2, -0.15) is 0 Å². The van der Waals surface area contributed by atoms with Crippen molar-refractivity contribution < 1.29 is 8.42 Å². The minimum absolute atomic E-state index is 0.0665. The van der Waals surface area contributed by atoms with Crippen molar-refractivity contribution in [3.8, 4) is 0 Å². The minimum Gasteiger partial charge on any atom is -0.313 e. The van der Waals surface area contributed by atoms with E-state index in [0.29, 0.717) is 6.54 Å². The highest BCUT2D eigenvalue weighted by atomic mass is 32.2. The fourth-order valence-electron chi connectivity index (χ4n) is 1.84. The van der Waals surface area contributed by atoms with E-state index in [0.717, 1.165) is 31.4 Å². The summed E-state index contributed by atoms with van der Waals surface area (Å²) < 4.78 is 26.9. The molecule has 0 saturated carbocycles. The molecule has 0 aliphatic heterocycles. The molecule has 20 heavy (non-hydrogen) atoms. The Morgan fingerprint density at radius 1 is 1.30 bits per heavy atom. The Kier molecular flexibility index (Phi) is 7.12. The molecule has 1 aromatic rings. The van der Waals surface area contributed by atoms with Gasteiger partial charge in [-0.3, -0.25) is 0 Å². The molecule has 0 fully saturated rings. The molecule has 0 spiro atoms. The van der Waals surface area contributed by atoms with E-state index in [-0.39, 0.29) is 11.1 Å². The molecule has 1 rings (SSSR count). The van der Waals surface area contributed by atoms with Crippen molar-refractivity contribution in [3.63, 3.8) is 0 Å². The van der Waals surface area contributed by atoms with Crippen LogP contribution >= 0.6 is 0 Å². The Morgan fingerprint density at radius 3 is 2.60 bits per heavy atom. The molecular formula is C14H25N3O2S. The first-order chi connectivity index (χ1) is 9.49. The molecule has 0 bridgehead atoms. The van der Waals surface area contributed by atoms with Gasteiger partial charge in [-0.1, -0.05) is 32.8 Å². The summed E-state index contributed by atoms with van der Waals surface area (Å²) in [4.78, 5) is 4.05. The Hall–Kier alpha value is -0.980. The first-order valence-electron chi connectivity index (χ1n) is 7.17. The summed E-state index contributed by atoms with van der Waals surface area (Å²) in [6.45, 7) is 7.56. The predicted octanol–water partition coefficient (Wildman–Crippen LogP) is 2.05. The normalized spacial score (nSPS) is 13.3. The van der Waals surface area contributed by atoms with Crippen LogP contribution < -0.4 is 10.0 Å². The Bertz CT molecular complexity index is 486. The molecule has 0 amide bonds. The van der Waals surface area contributed by atoms with Crippen molar-refractivity contribution in [2.75, 3.05) is 6.54 Å². The first-order valence-corrected chi connectivity index (χ1v) is 8.66. The topological polar surface area (TPSA) is 71.1 Å². The average Bonchev–Trinajstić information content (AvgIpc) is 2.43. The summed E-state index contributed by atoms with van der Waals surface area (Å²) in [6, 6.07) is 3.28. The van der Waals surface area contributed by atoms with Crippen molar-refractivity contribution in [2.45, 2.75) is 57.6 Å². The van der Waals surface area contributed by atoms with Crippen LogP contribution in [-0.4, -0.2) is 26.0 Å². The van der Waals surface area contributed by atoms with Gasteiger partial charge >= 0.3 is 0 Å². The van der Waals surface area contributed by atoms with E-state index in [1.807, 2.05) is 13.8 Å². The fourth-order valence-corrected chi connectivity index (χ4v) is 3.05. The molecule has 1 atom stereocenters. The van der Waals surface area contributed by atoms with Gasteiger partial charge in [0.1, 0.15) is 0 Å². The van der Waals surface area contributed by atoms with Crippen LogP contribution in [-0.2, 0) is 16.6 Å². The van der Waals surface area contributed by atoms with Crippen molar-refractivity contribution in [2.24, 2.45) is 0 Å². The number of rotatable bonds is 9. The maximum atomic E-state index is 12.1. The standard InChI is InChI=1S/C14H25N3O2S/c1-4-6-7-12(3)17-20(18,19)14-9-8-13(11-16-14)10-15-5-2/h8-9,11-12,15,17H,4-7,10H2,1-3H3. The lowest BCUT2D eigenvalue weighted by Gasteiger charge is -2.13. The van der Waals surface area contributed by atoms with E-state index >= 15 is 0 Å². The van der Waals surface area contributed by atoms with E-state index in [4.69, 9.17) is 0 Å². The van der Waals surface area contributed by atoms with Crippen LogP contribution in [0, 0.1) is 0 Å². The number of hydrogen-bond donors (Lipinski definition) is 2. The van der Waals surface area contributed by atoms with E-state index < -0.39 is 10.0 Å². The molecule has 0 aromatic carbocycles. The monoisotopic (exact) mass is 299 g/mol. The zero-order valence-corrected chi connectivity index (χ0v) is 13.3. The lowest BCUT2D eigenvalue weighted by atomic mass is 10.2. The summed E-state index contributed by atoms with van der Waals surface area (Å²) >= 11 is 0. The van der Waals surface area contributed by atoms with Gasteiger partial charge in [-0.15, -0.1) is 0 Å². The second kappa shape index (κ2) is 8.34. The van der Waals surface area contributed by atoms with Gasteiger partial charge in [0, 0.05) is 18.8 Å². The molecule has 6 heteroatoms. The summed E-state index contributed by atoms with van der Waals surface area (Å²) in [6.07, 6.45) is 4.52. The second-order valence-corrected chi connectivity index (χ2v) is 6.61. The molecule has 1 unspecified atom stereocenters. The van der Waals surface area contributed by atoms with Crippen LogP contribution in [0.15, 0.2) is 23.4 Å². The van der Waals surface area contributed by atoms with Gasteiger partial charge in [0.15, 0.2) is 5.03 Å². The number of pyridine rings is 1. The van der Waals surface area contributed by atoms with Crippen LogP contribution in [0.4, 0.5) is 0 Å². The smallest absolute Gasteiger partial charge is 0.258 e. The number of unbranched alkanes of at least 4 members (excludes halogenated alkanes) is 1. The third-order valence-electron chi connectivity index (χ3n) is 3.00. The van der Waals surface area contributed by atoms with Crippen molar-refractivity contribution in [1.82, 2.24) is 15.0 Å². The average molecular weight is 299 g/mol. The zero-order chi connectivity index (χ0) is 15.0. The zero-order valence-electron chi connectivity index (χ0n) is 12.5. The number of aromatic nitrogens is 1. The van der Waals surface area contributed by atoms with Crippen molar-refractivity contribution in [3.05, 3.63) is 23.9 Å². The maximum Gasteiger partial charge on any atom is 0.258 e. The molecule has 1 heterocycles. The lowest BCUT2D eigenvalue weighted by Crippen LogP contribution is -2.33. The SMILES string of the molecule is CCCCC(C)NS(=O)(=O)c1ccc(CNCC)cn1. The number of nitrogens with zero attached hydrogens (tertiary/aromatic N) is 1. The second-order valence-electron chi connectivity index (χ2n) is 4.95. The van der Waals surface area contributed by atoms with E-state index in [1.165, 1.54) is 0 Å². The molecule has 114 valence electrons. The van der Waals surface area contributed by atoms with E-state index in [9.17, 15) is 8.42 Å². The molecule has 5 nitrogen and oxygen atoms in total. The summed E-state index contributed by atoms with van der Waals surface area (Å²) in [5, 5.41) is 3.26. The molecular weight excluding hydrogens is 274 g/mol. The van der Waals surface area contributed by atoms with Crippen molar-refractivity contribution in [1.29, 1.82) is 0 Å². The highest BCUT2D eigenvalue weighted by molar-refractivity contribution is 7.89. The van der Waals surface area contributed by atoms with Crippen LogP contribution in [0.25, 0.3) is 0 Å². The highest BCUT2D eigenvalue weighted by Crippen LogP contribution is 2.09. The molecule has 0 aliphatic rings. The van der Waals surface area contributed by atoms with Crippen LogP contribution in [0.2, 0.25) is 0 Å². The molecule has 0 radical (unpaired) electrons. The third kappa shape index (κ3) is 5.56. The van der Waals surface area contributed by atoms with Gasteiger partial charge in [0.25, 0.3) is 10.0 Å². The maximum absolute atomic E-state index is 12.1. The third-order valence-corrected chi connectivity index (χ3v) is 4.50. The molecule has 1 aromatic heterocycles. The lowest BCUT2D eigenvalue weighted by molar-refractivity contribution is 0.531. The Labute approximate surface area is 122 Å². The van der Waals surface area contributed by atoms with Gasteiger partial charge in [0.2, 0.25) is 0 Å². The first kappa shape index (κ1) is 17.1. The molecule has 0 aliphatic carbocycles. The van der Waals surface area contributed by atoms with Crippen LogP contribution in [0.3, 0.4) is 0 Å². The minimum atomic E-state index is -3.51. The quantitative estimate of drug-likeness (QED) is 0.732. The Morgan fingerprint density at radius 2 is 2.05 bits per heavy atom. The fraction of sp³-hybridized carbons (Fsp3) is 0.643. The summed E-state index contributed by atoms with van der Waals surface area (Å²) in [5.74, 6) is 0. The Balaban J connectivity index is 2.67. The van der Waals surface area contributed by atoms with Gasteiger partial charge < -0.3 is 5.32 Å². The molecule has 2 N–H and O–H groups in total. The van der Waals surface area contributed by atoms with Crippen LogP contribution in [0.5, 0.6) is 0 Å². The van der Waals surface area contributed by atoms with E-state index in [2.05, 4.69) is 21.9 Å². The number of sulfonamides is 1. The number of nitrogens with one attached hydrogen (secondary N) is 2. The van der Waals surface area contributed by atoms with E-state index in [1.54, 1.807) is 18.3 Å². The van der Waals surface area contributed by atoms with Gasteiger partial charge in [-0.05, 0) is 31.5 Å². The molecule has 0 saturated heterocycles. The number of hydrogen-bond acceptors (Lipinski definition) is 4. The summed E-state index contributed by atoms with van der Waals surface area (Å²) in [5.41, 5.74) is 0.977. The largest absolute Gasteiger partial charge is 0.313 e. The van der Waals surface area contributed by atoms with Gasteiger partial charge in [0.05, 0.1) is 0 Å². The predicted molar refractivity (Wildman–Crippen MR) is 80.9 cm³/mol. The van der Waals surface area contributed by atoms with Crippen molar-refractivity contribution >= 4 is 10.0 Å². The van der Waals surface area contributed by atoms with Gasteiger partial charge in [-0.25, -0.2) is 18.1 Å².